The van der Waals surface area contributed by atoms with E-state index in [-0.39, 0.29) is 10.8 Å². The maximum Gasteiger partial charge on any atom is 0.264 e. The van der Waals surface area contributed by atoms with Crippen molar-refractivity contribution in [1.82, 2.24) is 9.62 Å². The minimum absolute atomic E-state index is 0.00373. The van der Waals surface area contributed by atoms with Crippen LogP contribution in [-0.2, 0) is 19.6 Å². The molecule has 0 atom stereocenters. The maximum absolute atomic E-state index is 12.4. The molecule has 0 aliphatic heterocycles. The van der Waals surface area contributed by atoms with E-state index in [2.05, 4.69) is 0 Å². The van der Waals surface area contributed by atoms with Crippen molar-refractivity contribution in [2.75, 3.05) is 13.1 Å². The van der Waals surface area contributed by atoms with Crippen LogP contribution in [-0.4, -0.2) is 38.2 Å². The molecule has 0 bridgehead atoms. The molecule has 26 heavy (non-hydrogen) atoms. The fraction of sp³-hybridized carbons (Fsp3) is 0.368. The molecule has 2 amide bonds. The van der Waals surface area contributed by atoms with Crippen molar-refractivity contribution in [2.45, 2.75) is 38.0 Å². The van der Waals surface area contributed by atoms with Gasteiger partial charge in [0.1, 0.15) is 6.42 Å². The number of fused-ring (bicyclic) bond motifs is 1. The van der Waals surface area contributed by atoms with Crippen LogP contribution < -0.4 is 4.72 Å². The van der Waals surface area contributed by atoms with Gasteiger partial charge >= 0.3 is 0 Å². The molecule has 2 aromatic rings. The van der Waals surface area contributed by atoms with Gasteiger partial charge in [-0.1, -0.05) is 44.2 Å². The van der Waals surface area contributed by atoms with Gasteiger partial charge in [-0.3, -0.25) is 9.59 Å². The predicted octanol–water partition coefficient (Wildman–Crippen LogP) is 2.68. The van der Waals surface area contributed by atoms with Crippen molar-refractivity contribution in [3.8, 4) is 0 Å². The summed E-state index contributed by atoms with van der Waals surface area (Å²) >= 11 is 0. The van der Waals surface area contributed by atoms with Gasteiger partial charge in [0, 0.05) is 13.1 Å². The Hall–Kier alpha value is -2.41. The molecule has 7 heteroatoms. The van der Waals surface area contributed by atoms with Gasteiger partial charge in [0.15, 0.2) is 0 Å². The normalized spacial score (nSPS) is 11.3. The molecule has 0 heterocycles. The SMILES string of the molecule is CCCN(CCC)C(=O)CC(=O)NS(=O)(=O)c1ccc2ccccc2c1. The third-order valence-electron chi connectivity index (χ3n) is 3.93. The van der Waals surface area contributed by atoms with Crippen LogP contribution in [0.4, 0.5) is 0 Å². The fourth-order valence-corrected chi connectivity index (χ4v) is 3.75. The van der Waals surface area contributed by atoms with E-state index in [9.17, 15) is 18.0 Å². The molecule has 6 nitrogen and oxygen atoms in total. The summed E-state index contributed by atoms with van der Waals surface area (Å²) in [6, 6.07) is 12.0. The quantitative estimate of drug-likeness (QED) is 0.718. The number of rotatable bonds is 8. The Balaban J connectivity index is 2.09. The molecule has 2 aromatic carbocycles. The smallest absolute Gasteiger partial charge is 0.264 e. The summed E-state index contributed by atoms with van der Waals surface area (Å²) in [4.78, 5) is 25.9. The highest BCUT2D eigenvalue weighted by Crippen LogP contribution is 2.18. The summed E-state index contributed by atoms with van der Waals surface area (Å²) in [5, 5.41) is 1.67. The zero-order chi connectivity index (χ0) is 19.2. The van der Waals surface area contributed by atoms with Gasteiger partial charge in [-0.05, 0) is 35.7 Å². The number of carbonyl (C=O) groups is 2. The topological polar surface area (TPSA) is 83.6 Å². The van der Waals surface area contributed by atoms with Crippen molar-refractivity contribution < 1.29 is 18.0 Å². The van der Waals surface area contributed by atoms with Crippen LogP contribution in [0.2, 0.25) is 0 Å². The lowest BCUT2D eigenvalue weighted by Crippen LogP contribution is -2.38. The maximum atomic E-state index is 12.4. The van der Waals surface area contributed by atoms with Crippen molar-refractivity contribution in [2.24, 2.45) is 0 Å². The lowest BCUT2D eigenvalue weighted by atomic mass is 10.1. The second kappa shape index (κ2) is 8.80. The number of hydrogen-bond donors (Lipinski definition) is 1. The average Bonchev–Trinajstić information content (AvgIpc) is 2.60. The van der Waals surface area contributed by atoms with Crippen molar-refractivity contribution in [3.05, 3.63) is 42.5 Å². The van der Waals surface area contributed by atoms with E-state index in [1.54, 1.807) is 17.0 Å². The summed E-state index contributed by atoms with van der Waals surface area (Å²) in [7, 11) is -4.02. The van der Waals surface area contributed by atoms with Gasteiger partial charge in [-0.2, -0.15) is 0 Å². The standard InChI is InChI=1S/C19H24N2O4S/c1-3-11-21(12-4-2)19(23)14-18(22)20-26(24,25)17-10-9-15-7-5-6-8-16(15)13-17/h5-10,13H,3-4,11-12,14H2,1-2H3,(H,20,22). The molecule has 0 saturated heterocycles. The highest BCUT2D eigenvalue weighted by atomic mass is 32.2. The molecule has 0 fully saturated rings. The lowest BCUT2D eigenvalue weighted by molar-refractivity contribution is -0.135. The Morgan fingerprint density at radius 3 is 2.19 bits per heavy atom. The summed E-state index contributed by atoms with van der Waals surface area (Å²) in [5.74, 6) is -1.18. The molecule has 0 unspecified atom stereocenters. The van der Waals surface area contributed by atoms with Crippen molar-refractivity contribution >= 4 is 32.6 Å². The third-order valence-corrected chi connectivity index (χ3v) is 5.30. The number of amides is 2. The van der Waals surface area contributed by atoms with Gasteiger partial charge in [0.25, 0.3) is 10.0 Å². The molecule has 140 valence electrons. The van der Waals surface area contributed by atoms with Crippen LogP contribution in [0, 0.1) is 0 Å². The van der Waals surface area contributed by atoms with E-state index in [0.717, 1.165) is 23.6 Å². The molecule has 0 aromatic heterocycles. The molecular weight excluding hydrogens is 352 g/mol. The largest absolute Gasteiger partial charge is 0.342 e. The Morgan fingerprint density at radius 2 is 1.58 bits per heavy atom. The van der Waals surface area contributed by atoms with Crippen LogP contribution in [0.3, 0.4) is 0 Å². The Morgan fingerprint density at radius 1 is 0.962 bits per heavy atom. The summed E-state index contributed by atoms with van der Waals surface area (Å²) in [5.41, 5.74) is 0. The molecule has 0 spiro atoms. The molecule has 2 rings (SSSR count). The number of benzene rings is 2. The fourth-order valence-electron chi connectivity index (χ4n) is 2.73. The Kier molecular flexibility index (Phi) is 6.74. The van der Waals surface area contributed by atoms with E-state index in [1.165, 1.54) is 12.1 Å². The molecule has 0 aliphatic carbocycles. The van der Waals surface area contributed by atoms with Crippen molar-refractivity contribution in [3.63, 3.8) is 0 Å². The number of carbonyl (C=O) groups excluding carboxylic acids is 2. The van der Waals surface area contributed by atoms with Gasteiger partial charge < -0.3 is 4.90 Å². The van der Waals surface area contributed by atoms with Crippen LogP contribution >= 0.6 is 0 Å². The first-order chi connectivity index (χ1) is 12.4. The monoisotopic (exact) mass is 376 g/mol. The van der Waals surface area contributed by atoms with Crippen LogP contribution in [0.5, 0.6) is 0 Å². The van der Waals surface area contributed by atoms with E-state index < -0.39 is 22.4 Å². The predicted molar refractivity (Wildman–Crippen MR) is 101 cm³/mol. The molecular formula is C19H24N2O4S. The summed E-state index contributed by atoms with van der Waals surface area (Å²) < 4.78 is 26.9. The number of nitrogens with one attached hydrogen (secondary N) is 1. The number of sulfonamides is 1. The molecule has 1 N–H and O–H groups in total. The van der Waals surface area contributed by atoms with Gasteiger partial charge in [0.2, 0.25) is 11.8 Å². The Labute approximate surface area is 154 Å². The first-order valence-electron chi connectivity index (χ1n) is 8.69. The first-order valence-corrected chi connectivity index (χ1v) is 10.2. The lowest BCUT2D eigenvalue weighted by Gasteiger charge is -2.21. The van der Waals surface area contributed by atoms with E-state index in [1.807, 2.05) is 36.8 Å². The average molecular weight is 376 g/mol. The van der Waals surface area contributed by atoms with E-state index >= 15 is 0 Å². The van der Waals surface area contributed by atoms with E-state index in [4.69, 9.17) is 0 Å². The third kappa shape index (κ3) is 5.05. The van der Waals surface area contributed by atoms with Crippen LogP contribution in [0.1, 0.15) is 33.1 Å². The van der Waals surface area contributed by atoms with Gasteiger partial charge in [-0.15, -0.1) is 0 Å². The summed E-state index contributed by atoms with van der Waals surface area (Å²) in [6.07, 6.45) is 1.08. The van der Waals surface area contributed by atoms with Crippen LogP contribution in [0.15, 0.2) is 47.4 Å². The second-order valence-corrected chi connectivity index (χ2v) is 7.78. The molecule has 0 radical (unpaired) electrons. The Bertz CT molecular complexity index is 887. The minimum atomic E-state index is -4.02. The molecule has 0 saturated carbocycles. The van der Waals surface area contributed by atoms with Crippen LogP contribution in [0.25, 0.3) is 10.8 Å². The number of nitrogens with zero attached hydrogens (tertiary/aromatic N) is 1. The first kappa shape index (κ1) is 19.9. The second-order valence-electron chi connectivity index (χ2n) is 6.10. The zero-order valence-corrected chi connectivity index (χ0v) is 15.9. The summed E-state index contributed by atoms with van der Waals surface area (Å²) in [6.45, 7) is 5.00. The zero-order valence-electron chi connectivity index (χ0n) is 15.1. The van der Waals surface area contributed by atoms with Gasteiger partial charge in [0.05, 0.1) is 4.90 Å². The van der Waals surface area contributed by atoms with Gasteiger partial charge in [-0.25, -0.2) is 13.1 Å². The van der Waals surface area contributed by atoms with E-state index in [0.29, 0.717) is 13.1 Å². The minimum Gasteiger partial charge on any atom is -0.342 e. The molecule has 0 aliphatic rings. The highest BCUT2D eigenvalue weighted by molar-refractivity contribution is 7.90. The van der Waals surface area contributed by atoms with Crippen molar-refractivity contribution in [1.29, 1.82) is 0 Å². The highest BCUT2D eigenvalue weighted by Gasteiger charge is 2.22. The number of hydrogen-bond acceptors (Lipinski definition) is 4.